The van der Waals surface area contributed by atoms with Gasteiger partial charge in [-0.2, -0.15) is 5.10 Å². The molecule has 6 nitrogen and oxygen atoms in total. The SMILES string of the molecule is C[C@H]1CCCC(=NNC(=O)c2cccc([N+](=O)[O-])c2)C1. The average molecular weight is 275 g/mol. The van der Waals surface area contributed by atoms with Gasteiger partial charge in [0.25, 0.3) is 11.6 Å². The van der Waals surface area contributed by atoms with Crippen LogP contribution in [0, 0.1) is 16.0 Å². The van der Waals surface area contributed by atoms with Crippen molar-refractivity contribution >= 4 is 17.3 Å². The quantitative estimate of drug-likeness (QED) is 0.680. The van der Waals surface area contributed by atoms with Crippen molar-refractivity contribution in [1.29, 1.82) is 0 Å². The number of amides is 1. The van der Waals surface area contributed by atoms with Gasteiger partial charge < -0.3 is 0 Å². The van der Waals surface area contributed by atoms with Crippen LogP contribution in [0.5, 0.6) is 0 Å². The number of hydrogen-bond acceptors (Lipinski definition) is 4. The molecule has 1 aliphatic rings. The fourth-order valence-electron chi connectivity index (χ4n) is 2.32. The summed E-state index contributed by atoms with van der Waals surface area (Å²) >= 11 is 0. The third-order valence-corrected chi connectivity index (χ3v) is 3.38. The molecule has 6 heteroatoms. The van der Waals surface area contributed by atoms with Crippen molar-refractivity contribution in [3.8, 4) is 0 Å². The Labute approximate surface area is 117 Å². The predicted molar refractivity (Wildman–Crippen MR) is 75.6 cm³/mol. The van der Waals surface area contributed by atoms with E-state index >= 15 is 0 Å². The van der Waals surface area contributed by atoms with Crippen LogP contribution in [0.15, 0.2) is 29.4 Å². The van der Waals surface area contributed by atoms with Crippen LogP contribution in [0.1, 0.15) is 43.0 Å². The van der Waals surface area contributed by atoms with E-state index in [1.807, 2.05) is 0 Å². The summed E-state index contributed by atoms with van der Waals surface area (Å²) in [5.74, 6) is 0.177. The third-order valence-electron chi connectivity index (χ3n) is 3.38. The van der Waals surface area contributed by atoms with Gasteiger partial charge in [0.05, 0.1) is 4.92 Å². The zero-order valence-electron chi connectivity index (χ0n) is 11.3. The Morgan fingerprint density at radius 3 is 3.00 bits per heavy atom. The maximum absolute atomic E-state index is 11.9. The second-order valence-corrected chi connectivity index (χ2v) is 5.13. The average Bonchev–Trinajstić information content (AvgIpc) is 2.45. The highest BCUT2D eigenvalue weighted by molar-refractivity contribution is 5.96. The number of non-ortho nitro benzene ring substituents is 1. The van der Waals surface area contributed by atoms with Gasteiger partial charge in [0.2, 0.25) is 0 Å². The van der Waals surface area contributed by atoms with E-state index in [0.29, 0.717) is 5.92 Å². The lowest BCUT2D eigenvalue weighted by molar-refractivity contribution is -0.384. The lowest BCUT2D eigenvalue weighted by Crippen LogP contribution is -2.22. The lowest BCUT2D eigenvalue weighted by atomic mass is 9.89. The number of rotatable bonds is 3. The highest BCUT2D eigenvalue weighted by Crippen LogP contribution is 2.21. The van der Waals surface area contributed by atoms with Crippen LogP contribution in [0.2, 0.25) is 0 Å². The van der Waals surface area contributed by atoms with E-state index in [1.165, 1.54) is 30.7 Å². The van der Waals surface area contributed by atoms with Gasteiger partial charge >= 0.3 is 0 Å². The molecule has 1 amide bonds. The Balaban J connectivity index is 2.03. The van der Waals surface area contributed by atoms with E-state index in [2.05, 4.69) is 17.5 Å². The van der Waals surface area contributed by atoms with E-state index in [9.17, 15) is 14.9 Å². The Kier molecular flexibility index (Phi) is 4.45. The largest absolute Gasteiger partial charge is 0.271 e. The monoisotopic (exact) mass is 275 g/mol. The Bertz CT molecular complexity index is 554. The summed E-state index contributed by atoms with van der Waals surface area (Å²) in [6.45, 7) is 2.16. The molecule has 0 bridgehead atoms. The fraction of sp³-hybridized carbons (Fsp3) is 0.429. The summed E-state index contributed by atoms with van der Waals surface area (Å²) in [6.07, 6.45) is 4.08. The Hall–Kier alpha value is -2.24. The van der Waals surface area contributed by atoms with E-state index in [-0.39, 0.29) is 11.3 Å². The number of nitrogens with one attached hydrogen (secondary N) is 1. The highest BCUT2D eigenvalue weighted by atomic mass is 16.6. The molecule has 0 radical (unpaired) electrons. The second-order valence-electron chi connectivity index (χ2n) is 5.13. The fourth-order valence-corrected chi connectivity index (χ4v) is 2.32. The van der Waals surface area contributed by atoms with Crippen molar-refractivity contribution in [2.24, 2.45) is 11.0 Å². The minimum Gasteiger partial charge on any atom is -0.267 e. The summed E-state index contributed by atoms with van der Waals surface area (Å²) in [6, 6.07) is 5.62. The van der Waals surface area contributed by atoms with Gasteiger partial charge in [-0.3, -0.25) is 14.9 Å². The van der Waals surface area contributed by atoms with Gasteiger partial charge in [-0.15, -0.1) is 0 Å². The standard InChI is InChI=1S/C14H17N3O3/c1-10-4-2-6-12(8-10)15-16-14(18)11-5-3-7-13(9-11)17(19)20/h3,5,7,9-10H,2,4,6,8H2,1H3,(H,16,18)/t10-/m0/s1. The Morgan fingerprint density at radius 2 is 2.30 bits per heavy atom. The van der Waals surface area contributed by atoms with Crippen LogP contribution in [-0.2, 0) is 0 Å². The topological polar surface area (TPSA) is 84.6 Å². The molecule has 1 aromatic carbocycles. The first-order valence-corrected chi connectivity index (χ1v) is 6.66. The van der Waals surface area contributed by atoms with Gasteiger partial charge in [-0.05, 0) is 37.7 Å². The van der Waals surface area contributed by atoms with Crippen molar-refractivity contribution in [1.82, 2.24) is 5.43 Å². The minimum atomic E-state index is -0.522. The molecule has 1 atom stereocenters. The zero-order valence-corrected chi connectivity index (χ0v) is 11.3. The first-order valence-electron chi connectivity index (χ1n) is 6.66. The number of nitrogens with zero attached hydrogens (tertiary/aromatic N) is 2. The number of benzene rings is 1. The van der Waals surface area contributed by atoms with Crippen molar-refractivity contribution < 1.29 is 9.72 Å². The maximum Gasteiger partial charge on any atom is 0.271 e. The maximum atomic E-state index is 11.9. The lowest BCUT2D eigenvalue weighted by Gasteiger charge is -2.18. The first-order chi connectivity index (χ1) is 9.56. The van der Waals surface area contributed by atoms with Crippen molar-refractivity contribution in [2.75, 3.05) is 0 Å². The molecule has 1 aliphatic carbocycles. The van der Waals surface area contributed by atoms with E-state index in [0.717, 1.165) is 25.0 Å². The van der Waals surface area contributed by atoms with E-state index in [4.69, 9.17) is 0 Å². The molecule has 0 heterocycles. The van der Waals surface area contributed by atoms with Crippen LogP contribution in [0.25, 0.3) is 0 Å². The van der Waals surface area contributed by atoms with Crippen molar-refractivity contribution in [2.45, 2.75) is 32.6 Å². The summed E-state index contributed by atoms with van der Waals surface area (Å²) < 4.78 is 0. The second kappa shape index (κ2) is 6.27. The molecular weight excluding hydrogens is 258 g/mol. The van der Waals surface area contributed by atoms with E-state index in [1.54, 1.807) is 0 Å². The summed E-state index contributed by atoms with van der Waals surface area (Å²) in [7, 11) is 0. The van der Waals surface area contributed by atoms with Crippen LogP contribution < -0.4 is 5.43 Å². The minimum absolute atomic E-state index is 0.100. The van der Waals surface area contributed by atoms with Gasteiger partial charge in [-0.1, -0.05) is 13.0 Å². The molecule has 0 aromatic heterocycles. The molecule has 1 fully saturated rings. The van der Waals surface area contributed by atoms with Gasteiger partial charge in [0.15, 0.2) is 0 Å². The Morgan fingerprint density at radius 1 is 1.50 bits per heavy atom. The number of nitro benzene ring substituents is 1. The van der Waals surface area contributed by atoms with Gasteiger partial charge in [0.1, 0.15) is 0 Å². The van der Waals surface area contributed by atoms with Crippen molar-refractivity contribution in [3.63, 3.8) is 0 Å². The number of hydrogen-bond donors (Lipinski definition) is 1. The number of carbonyl (C=O) groups excluding carboxylic acids is 1. The third kappa shape index (κ3) is 3.63. The van der Waals surface area contributed by atoms with Crippen molar-refractivity contribution in [3.05, 3.63) is 39.9 Å². The van der Waals surface area contributed by atoms with Crippen LogP contribution in [-0.4, -0.2) is 16.5 Å². The molecule has 2 rings (SSSR count). The summed E-state index contributed by atoms with van der Waals surface area (Å²) in [5.41, 5.74) is 3.61. The van der Waals surface area contributed by atoms with Crippen LogP contribution in [0.4, 0.5) is 5.69 Å². The normalized spacial score (nSPS) is 20.6. The van der Waals surface area contributed by atoms with E-state index < -0.39 is 10.8 Å². The molecule has 106 valence electrons. The molecule has 1 N–H and O–H groups in total. The van der Waals surface area contributed by atoms with Gasteiger partial charge in [0, 0.05) is 23.4 Å². The molecule has 0 spiro atoms. The molecule has 0 unspecified atom stereocenters. The molecule has 0 aliphatic heterocycles. The highest BCUT2D eigenvalue weighted by Gasteiger charge is 2.15. The molecule has 0 saturated heterocycles. The zero-order chi connectivity index (χ0) is 14.5. The molecule has 1 aromatic rings. The van der Waals surface area contributed by atoms with Gasteiger partial charge in [-0.25, -0.2) is 5.43 Å². The number of hydrazone groups is 1. The van der Waals surface area contributed by atoms with Crippen LogP contribution >= 0.6 is 0 Å². The molecule has 20 heavy (non-hydrogen) atoms. The summed E-state index contributed by atoms with van der Waals surface area (Å²) in [4.78, 5) is 22.0. The smallest absolute Gasteiger partial charge is 0.267 e. The first kappa shape index (κ1) is 14.2. The number of nitro groups is 1. The predicted octanol–water partition coefficient (Wildman–Crippen LogP) is 2.89. The number of carbonyl (C=O) groups is 1. The molecular formula is C14H17N3O3. The molecule has 1 saturated carbocycles. The van der Waals surface area contributed by atoms with Crippen LogP contribution in [0.3, 0.4) is 0 Å². The summed E-state index contributed by atoms with van der Waals surface area (Å²) in [5, 5.41) is 14.8.